The minimum atomic E-state index is -0.410. The number of hydrogen-bond acceptors (Lipinski definition) is 3. The Labute approximate surface area is 144 Å². The monoisotopic (exact) mass is 337 g/mol. The number of nitrogens with zero attached hydrogens (tertiary/aromatic N) is 1. The van der Waals surface area contributed by atoms with Crippen molar-refractivity contribution >= 4 is 23.6 Å². The van der Waals surface area contributed by atoms with Crippen LogP contribution in [-0.4, -0.2) is 11.8 Å². The average molecular weight is 337 g/mol. The molecule has 2 aromatic carbocycles. The summed E-state index contributed by atoms with van der Waals surface area (Å²) in [6, 6.07) is 14.7. The van der Waals surface area contributed by atoms with Crippen LogP contribution < -0.4 is 10.6 Å². The van der Waals surface area contributed by atoms with Crippen molar-refractivity contribution in [3.05, 3.63) is 71.6 Å². The molecule has 0 radical (unpaired) electrons. The van der Waals surface area contributed by atoms with E-state index in [4.69, 9.17) is 5.26 Å². The zero-order valence-electron chi connectivity index (χ0n) is 13.3. The standard InChI is InChI=1S/C19H16FN3O2/c20-16-6-3-4-14(12-16)8-9-18(24)22-13-15-5-1-2-7-17(15)23-19(25)10-11-21/h1-9,12H,10,13H2,(H,22,24)(H,23,25)/b9-8+. The summed E-state index contributed by atoms with van der Waals surface area (Å²) >= 11 is 0. The third-order valence-corrected chi connectivity index (χ3v) is 3.26. The fourth-order valence-electron chi connectivity index (χ4n) is 2.09. The predicted molar refractivity (Wildman–Crippen MR) is 92.6 cm³/mol. The van der Waals surface area contributed by atoms with Crippen molar-refractivity contribution in [3.63, 3.8) is 0 Å². The van der Waals surface area contributed by atoms with E-state index in [0.717, 1.165) is 0 Å². The molecule has 0 aliphatic rings. The Morgan fingerprint density at radius 3 is 2.72 bits per heavy atom. The number of hydrogen-bond donors (Lipinski definition) is 2. The van der Waals surface area contributed by atoms with Crippen LogP contribution in [0.5, 0.6) is 0 Å². The molecule has 2 rings (SSSR count). The van der Waals surface area contributed by atoms with Crippen molar-refractivity contribution in [1.82, 2.24) is 5.32 Å². The fourth-order valence-corrected chi connectivity index (χ4v) is 2.09. The van der Waals surface area contributed by atoms with Crippen LogP contribution >= 0.6 is 0 Å². The van der Waals surface area contributed by atoms with E-state index in [1.807, 2.05) is 0 Å². The van der Waals surface area contributed by atoms with E-state index in [1.54, 1.807) is 42.5 Å². The van der Waals surface area contributed by atoms with Gasteiger partial charge in [-0.25, -0.2) is 4.39 Å². The summed E-state index contributed by atoms with van der Waals surface area (Å²) in [6.07, 6.45) is 2.59. The molecule has 0 spiro atoms. The summed E-state index contributed by atoms with van der Waals surface area (Å²) in [7, 11) is 0. The lowest BCUT2D eigenvalue weighted by Gasteiger charge is -2.10. The smallest absolute Gasteiger partial charge is 0.244 e. The van der Waals surface area contributed by atoms with Gasteiger partial charge in [-0.15, -0.1) is 0 Å². The van der Waals surface area contributed by atoms with Crippen molar-refractivity contribution in [1.29, 1.82) is 5.26 Å². The molecule has 0 atom stereocenters. The number of rotatable bonds is 6. The SMILES string of the molecule is N#CCC(=O)Nc1ccccc1CNC(=O)/C=C/c1cccc(F)c1. The van der Waals surface area contributed by atoms with Gasteiger partial charge in [-0.05, 0) is 35.4 Å². The Balaban J connectivity index is 1.95. The first-order valence-corrected chi connectivity index (χ1v) is 7.54. The maximum absolute atomic E-state index is 13.1. The minimum absolute atomic E-state index is 0.204. The van der Waals surface area contributed by atoms with E-state index in [-0.39, 0.29) is 24.7 Å². The largest absolute Gasteiger partial charge is 0.348 e. The van der Waals surface area contributed by atoms with Crippen molar-refractivity contribution < 1.29 is 14.0 Å². The van der Waals surface area contributed by atoms with Crippen LogP contribution in [0.1, 0.15) is 17.5 Å². The molecule has 0 unspecified atom stereocenters. The average Bonchev–Trinajstić information content (AvgIpc) is 2.59. The second-order valence-electron chi connectivity index (χ2n) is 5.15. The van der Waals surface area contributed by atoms with Crippen LogP contribution in [0, 0.1) is 17.1 Å². The summed E-state index contributed by atoms with van der Waals surface area (Å²) in [5, 5.41) is 13.9. The molecule has 2 N–H and O–H groups in total. The normalized spacial score (nSPS) is 10.2. The second-order valence-corrected chi connectivity index (χ2v) is 5.15. The number of nitrogens with one attached hydrogen (secondary N) is 2. The molecule has 0 aromatic heterocycles. The quantitative estimate of drug-likeness (QED) is 0.795. The molecule has 0 heterocycles. The molecule has 25 heavy (non-hydrogen) atoms. The number of carbonyl (C=O) groups excluding carboxylic acids is 2. The summed E-state index contributed by atoms with van der Waals surface area (Å²) in [5.74, 6) is -1.13. The van der Waals surface area contributed by atoms with Crippen LogP contribution in [-0.2, 0) is 16.1 Å². The molecular weight excluding hydrogens is 321 g/mol. The van der Waals surface area contributed by atoms with E-state index < -0.39 is 5.91 Å². The van der Waals surface area contributed by atoms with Crippen molar-refractivity contribution in [2.45, 2.75) is 13.0 Å². The lowest BCUT2D eigenvalue weighted by atomic mass is 10.1. The summed E-state index contributed by atoms with van der Waals surface area (Å²) in [4.78, 5) is 23.4. The van der Waals surface area contributed by atoms with Gasteiger partial charge in [0.15, 0.2) is 0 Å². The zero-order chi connectivity index (χ0) is 18.1. The molecule has 2 aromatic rings. The van der Waals surface area contributed by atoms with Crippen molar-refractivity contribution in [2.24, 2.45) is 0 Å². The van der Waals surface area contributed by atoms with E-state index in [0.29, 0.717) is 16.8 Å². The molecule has 0 saturated heterocycles. The van der Waals surface area contributed by atoms with Gasteiger partial charge in [-0.2, -0.15) is 5.26 Å². The lowest BCUT2D eigenvalue weighted by molar-refractivity contribution is -0.116. The first kappa shape index (κ1) is 17.9. The Kier molecular flexibility index (Phi) is 6.43. The van der Waals surface area contributed by atoms with Gasteiger partial charge in [0, 0.05) is 18.3 Å². The van der Waals surface area contributed by atoms with Gasteiger partial charge >= 0.3 is 0 Å². The number of benzene rings is 2. The van der Waals surface area contributed by atoms with E-state index in [9.17, 15) is 14.0 Å². The first-order chi connectivity index (χ1) is 12.1. The Morgan fingerprint density at radius 1 is 1.16 bits per heavy atom. The highest BCUT2D eigenvalue weighted by Gasteiger charge is 2.06. The molecule has 0 aliphatic heterocycles. The van der Waals surface area contributed by atoms with E-state index in [2.05, 4.69) is 10.6 Å². The Bertz CT molecular complexity index is 841. The molecule has 0 fully saturated rings. The fraction of sp³-hybridized carbons (Fsp3) is 0.105. The third kappa shape index (κ3) is 5.92. The maximum atomic E-state index is 13.1. The Hall–Kier alpha value is -3.46. The van der Waals surface area contributed by atoms with Gasteiger partial charge < -0.3 is 10.6 Å². The molecule has 0 bridgehead atoms. The van der Waals surface area contributed by atoms with Gasteiger partial charge in [-0.3, -0.25) is 9.59 Å². The lowest BCUT2D eigenvalue weighted by Crippen LogP contribution is -2.21. The second kappa shape index (κ2) is 8.99. The van der Waals surface area contributed by atoms with Crippen LogP contribution in [0.25, 0.3) is 6.08 Å². The van der Waals surface area contributed by atoms with Crippen LogP contribution in [0.2, 0.25) is 0 Å². The number of para-hydroxylation sites is 1. The minimum Gasteiger partial charge on any atom is -0.348 e. The van der Waals surface area contributed by atoms with Crippen LogP contribution in [0.15, 0.2) is 54.6 Å². The molecule has 0 aliphatic carbocycles. The van der Waals surface area contributed by atoms with E-state index in [1.165, 1.54) is 24.3 Å². The molecule has 5 nitrogen and oxygen atoms in total. The summed E-state index contributed by atoms with van der Waals surface area (Å²) < 4.78 is 13.1. The predicted octanol–water partition coefficient (Wildman–Crippen LogP) is 3.01. The first-order valence-electron chi connectivity index (χ1n) is 7.54. The number of nitriles is 1. The highest BCUT2D eigenvalue weighted by atomic mass is 19.1. The Morgan fingerprint density at radius 2 is 1.96 bits per heavy atom. The molecule has 126 valence electrons. The van der Waals surface area contributed by atoms with Crippen molar-refractivity contribution in [2.75, 3.05) is 5.32 Å². The van der Waals surface area contributed by atoms with Crippen LogP contribution in [0.4, 0.5) is 10.1 Å². The molecule has 0 saturated carbocycles. The number of carbonyl (C=O) groups is 2. The highest BCUT2D eigenvalue weighted by Crippen LogP contribution is 2.15. The number of anilines is 1. The van der Waals surface area contributed by atoms with Gasteiger partial charge in [-0.1, -0.05) is 30.3 Å². The topological polar surface area (TPSA) is 82.0 Å². The van der Waals surface area contributed by atoms with Gasteiger partial charge in [0.25, 0.3) is 0 Å². The molecular formula is C19H16FN3O2. The number of amides is 2. The number of halogens is 1. The van der Waals surface area contributed by atoms with Gasteiger partial charge in [0.1, 0.15) is 12.2 Å². The van der Waals surface area contributed by atoms with E-state index >= 15 is 0 Å². The maximum Gasteiger partial charge on any atom is 0.244 e. The third-order valence-electron chi connectivity index (χ3n) is 3.26. The van der Waals surface area contributed by atoms with Crippen molar-refractivity contribution in [3.8, 4) is 6.07 Å². The molecule has 2 amide bonds. The molecule has 6 heteroatoms. The van der Waals surface area contributed by atoms with Gasteiger partial charge in [0.2, 0.25) is 11.8 Å². The van der Waals surface area contributed by atoms with Crippen LogP contribution in [0.3, 0.4) is 0 Å². The van der Waals surface area contributed by atoms with Gasteiger partial charge in [0.05, 0.1) is 6.07 Å². The summed E-state index contributed by atoms with van der Waals surface area (Å²) in [5.41, 5.74) is 1.83. The highest BCUT2D eigenvalue weighted by molar-refractivity contribution is 5.93. The summed E-state index contributed by atoms with van der Waals surface area (Å²) in [6.45, 7) is 0.204. The zero-order valence-corrected chi connectivity index (χ0v) is 13.3.